The Hall–Kier alpha value is -1.60. The molecule has 1 atom stereocenters. The number of hydrogen-bond acceptors (Lipinski definition) is 3. The van der Waals surface area contributed by atoms with Crippen LogP contribution in [-0.2, 0) is 10.0 Å². The maximum absolute atomic E-state index is 11.1. The Labute approximate surface area is 86.8 Å². The summed E-state index contributed by atoms with van der Waals surface area (Å²) >= 11 is 0. The molecule has 0 aromatic heterocycles. The summed E-state index contributed by atoms with van der Waals surface area (Å²) in [5, 5.41) is 13.8. The van der Waals surface area contributed by atoms with Gasteiger partial charge in [-0.25, -0.2) is 18.4 Å². The number of hydrogen-bond donors (Lipinski definition) is 3. The van der Waals surface area contributed by atoms with Crippen LogP contribution in [0, 0.1) is 0 Å². The Bertz CT molecular complexity index is 443. The quantitative estimate of drug-likeness (QED) is 0.690. The van der Waals surface area contributed by atoms with Crippen LogP contribution in [0.15, 0.2) is 30.3 Å². The fourth-order valence-corrected chi connectivity index (χ4v) is 1.90. The maximum Gasteiger partial charge on any atom is 0.406 e. The zero-order valence-corrected chi connectivity index (χ0v) is 8.44. The monoisotopic (exact) mass is 230 g/mol. The molecule has 6 nitrogen and oxygen atoms in total. The van der Waals surface area contributed by atoms with Crippen LogP contribution < -0.4 is 10.5 Å². The second-order valence-corrected chi connectivity index (χ2v) is 4.48. The van der Waals surface area contributed by atoms with E-state index in [1.165, 1.54) is 12.1 Å². The smallest absolute Gasteiger partial charge is 0.406 e. The lowest BCUT2D eigenvalue weighted by atomic mass is 10.2. The summed E-state index contributed by atoms with van der Waals surface area (Å²) in [5.74, 6) is 0. The third-order valence-electron chi connectivity index (χ3n) is 1.69. The first-order valence-electron chi connectivity index (χ1n) is 3.97. The first-order valence-corrected chi connectivity index (χ1v) is 5.58. The van der Waals surface area contributed by atoms with E-state index in [4.69, 9.17) is 10.2 Å². The first kappa shape index (κ1) is 11.5. The molecule has 0 heterocycles. The highest BCUT2D eigenvalue weighted by Gasteiger charge is 2.24. The van der Waals surface area contributed by atoms with Crippen molar-refractivity contribution in [2.45, 2.75) is 5.37 Å². The lowest BCUT2D eigenvalue weighted by molar-refractivity contribution is 0.193. The third-order valence-corrected chi connectivity index (χ3v) is 2.73. The van der Waals surface area contributed by atoms with Crippen molar-refractivity contribution in [3.63, 3.8) is 0 Å². The van der Waals surface area contributed by atoms with Gasteiger partial charge in [-0.05, 0) is 5.56 Å². The van der Waals surface area contributed by atoms with Gasteiger partial charge in [0.1, 0.15) is 0 Å². The molecule has 1 amide bonds. The molecule has 1 rings (SSSR count). The topological polar surface area (TPSA) is 109 Å². The van der Waals surface area contributed by atoms with Crippen LogP contribution in [0.1, 0.15) is 10.9 Å². The lowest BCUT2D eigenvalue weighted by Gasteiger charge is -2.14. The summed E-state index contributed by atoms with van der Waals surface area (Å²) in [7, 11) is -4.00. The standard InChI is InChI=1S/C8H10N2O4S/c9-15(13,14)7(10-8(11)12)6-4-2-1-3-5-6/h1-5,7,10H,(H,11,12)(H2,9,13,14). The number of carboxylic acid groups (broad SMARTS) is 1. The van der Waals surface area contributed by atoms with Crippen molar-refractivity contribution in [2.75, 3.05) is 0 Å². The summed E-state index contributed by atoms with van der Waals surface area (Å²) in [6.07, 6.45) is -1.45. The minimum absolute atomic E-state index is 0.280. The SMILES string of the molecule is NS(=O)(=O)C(NC(=O)O)c1ccccc1. The molecule has 1 aromatic rings. The maximum atomic E-state index is 11.1. The van der Waals surface area contributed by atoms with E-state index in [1.54, 1.807) is 18.2 Å². The van der Waals surface area contributed by atoms with Crippen LogP contribution in [0.4, 0.5) is 4.79 Å². The van der Waals surface area contributed by atoms with Crippen molar-refractivity contribution in [2.24, 2.45) is 5.14 Å². The van der Waals surface area contributed by atoms with Gasteiger partial charge in [-0.15, -0.1) is 0 Å². The molecule has 7 heteroatoms. The lowest BCUT2D eigenvalue weighted by Crippen LogP contribution is -2.36. The zero-order valence-electron chi connectivity index (χ0n) is 7.62. The van der Waals surface area contributed by atoms with E-state index in [-0.39, 0.29) is 5.56 Å². The highest BCUT2D eigenvalue weighted by Crippen LogP contribution is 2.16. The van der Waals surface area contributed by atoms with E-state index >= 15 is 0 Å². The number of nitrogens with one attached hydrogen (secondary N) is 1. The van der Waals surface area contributed by atoms with Crippen LogP contribution in [0.3, 0.4) is 0 Å². The van der Waals surface area contributed by atoms with Gasteiger partial charge in [-0.1, -0.05) is 30.3 Å². The van der Waals surface area contributed by atoms with Crippen molar-refractivity contribution in [1.82, 2.24) is 5.32 Å². The van der Waals surface area contributed by atoms with Crippen LogP contribution in [0.2, 0.25) is 0 Å². The van der Waals surface area contributed by atoms with Gasteiger partial charge in [0, 0.05) is 0 Å². The van der Waals surface area contributed by atoms with Gasteiger partial charge < -0.3 is 5.11 Å². The molecule has 82 valence electrons. The first-order chi connectivity index (χ1) is 6.91. The predicted molar refractivity (Wildman–Crippen MR) is 53.5 cm³/mol. The number of amides is 1. The summed E-state index contributed by atoms with van der Waals surface area (Å²) in [6, 6.07) is 7.83. The second kappa shape index (κ2) is 4.28. The van der Waals surface area contributed by atoms with Crippen molar-refractivity contribution >= 4 is 16.1 Å². The fraction of sp³-hybridized carbons (Fsp3) is 0.125. The van der Waals surface area contributed by atoms with Crippen LogP contribution in [-0.4, -0.2) is 19.6 Å². The molecule has 0 fully saturated rings. The van der Waals surface area contributed by atoms with Gasteiger partial charge in [-0.3, -0.25) is 5.32 Å². The van der Waals surface area contributed by atoms with Crippen molar-refractivity contribution < 1.29 is 18.3 Å². The van der Waals surface area contributed by atoms with Crippen LogP contribution in [0.5, 0.6) is 0 Å². The van der Waals surface area contributed by atoms with Crippen LogP contribution in [0.25, 0.3) is 0 Å². The minimum atomic E-state index is -4.00. The predicted octanol–water partition coefficient (Wildman–Crippen LogP) is 0.241. The van der Waals surface area contributed by atoms with Gasteiger partial charge in [-0.2, -0.15) is 0 Å². The van der Waals surface area contributed by atoms with Crippen molar-refractivity contribution in [3.05, 3.63) is 35.9 Å². The number of benzene rings is 1. The Morgan fingerprint density at radius 2 is 1.87 bits per heavy atom. The second-order valence-electron chi connectivity index (χ2n) is 2.83. The zero-order chi connectivity index (χ0) is 11.5. The number of carbonyl (C=O) groups is 1. The molecule has 15 heavy (non-hydrogen) atoms. The van der Waals surface area contributed by atoms with Gasteiger partial charge in [0.15, 0.2) is 5.37 Å². The highest BCUT2D eigenvalue weighted by atomic mass is 32.2. The molecular weight excluding hydrogens is 220 g/mol. The highest BCUT2D eigenvalue weighted by molar-refractivity contribution is 7.89. The summed E-state index contributed by atoms with van der Waals surface area (Å²) in [5.41, 5.74) is 0.280. The Kier molecular flexibility index (Phi) is 3.28. The van der Waals surface area contributed by atoms with Gasteiger partial charge >= 0.3 is 6.09 Å². The van der Waals surface area contributed by atoms with Gasteiger partial charge in [0.2, 0.25) is 10.0 Å². The van der Waals surface area contributed by atoms with E-state index in [9.17, 15) is 13.2 Å². The number of rotatable bonds is 3. The average Bonchev–Trinajstić information content (AvgIpc) is 2.14. The molecule has 0 saturated carbocycles. The molecule has 0 bridgehead atoms. The Balaban J connectivity index is 3.08. The van der Waals surface area contributed by atoms with E-state index in [0.29, 0.717) is 0 Å². The number of sulfonamides is 1. The molecule has 1 unspecified atom stereocenters. The van der Waals surface area contributed by atoms with Crippen molar-refractivity contribution in [3.8, 4) is 0 Å². The molecule has 0 saturated heterocycles. The van der Waals surface area contributed by atoms with Gasteiger partial charge in [0.25, 0.3) is 0 Å². The molecular formula is C8H10N2O4S. The molecule has 4 N–H and O–H groups in total. The van der Waals surface area contributed by atoms with Gasteiger partial charge in [0.05, 0.1) is 0 Å². The summed E-state index contributed by atoms with van der Waals surface area (Å²) < 4.78 is 22.2. The van der Waals surface area contributed by atoms with E-state index in [1.807, 2.05) is 5.32 Å². The van der Waals surface area contributed by atoms with Crippen LogP contribution >= 0.6 is 0 Å². The normalized spacial score (nSPS) is 13.1. The summed E-state index contributed by atoms with van der Waals surface area (Å²) in [6.45, 7) is 0. The van der Waals surface area contributed by atoms with E-state index in [0.717, 1.165) is 0 Å². The van der Waals surface area contributed by atoms with Crippen molar-refractivity contribution in [1.29, 1.82) is 0 Å². The van der Waals surface area contributed by atoms with E-state index in [2.05, 4.69) is 0 Å². The Morgan fingerprint density at radius 1 is 1.33 bits per heavy atom. The third kappa shape index (κ3) is 3.22. The molecule has 0 aliphatic rings. The molecule has 0 aliphatic carbocycles. The fourth-order valence-electron chi connectivity index (χ4n) is 1.10. The Morgan fingerprint density at radius 3 is 2.27 bits per heavy atom. The molecule has 0 radical (unpaired) electrons. The molecule has 1 aromatic carbocycles. The average molecular weight is 230 g/mol. The van der Waals surface area contributed by atoms with E-state index < -0.39 is 21.5 Å². The largest absolute Gasteiger partial charge is 0.465 e. The number of primary sulfonamides is 1. The summed E-state index contributed by atoms with van der Waals surface area (Å²) in [4.78, 5) is 10.4. The molecule has 0 spiro atoms. The molecule has 0 aliphatic heterocycles. The minimum Gasteiger partial charge on any atom is -0.465 e. The number of nitrogens with two attached hydrogens (primary N) is 1.